The van der Waals surface area contributed by atoms with Crippen LogP contribution < -0.4 is 3.94 Å². The van der Waals surface area contributed by atoms with E-state index in [0.29, 0.717) is 0 Å². The highest BCUT2D eigenvalue weighted by molar-refractivity contribution is 7.79. The Kier molecular flexibility index (Phi) is 9.89. The van der Waals surface area contributed by atoms with Gasteiger partial charge in [0.1, 0.15) is 0 Å². The molecule has 7 nitrogen and oxygen atoms in total. The quantitative estimate of drug-likeness (QED) is 0.473. The Morgan fingerprint density at radius 1 is 0.913 bits per heavy atom. The minimum Gasteiger partial charge on any atom is -0.264 e. The van der Waals surface area contributed by atoms with E-state index in [0.717, 1.165) is 21.6 Å². The van der Waals surface area contributed by atoms with Crippen molar-refractivity contribution in [1.29, 1.82) is 10.8 Å². The third-order valence-corrected chi connectivity index (χ3v) is 2.78. The van der Waals surface area contributed by atoms with Crippen LogP contribution in [0.2, 0.25) is 0 Å². The van der Waals surface area contributed by atoms with E-state index in [1.165, 1.54) is 5.56 Å². The van der Waals surface area contributed by atoms with Gasteiger partial charge in [-0.05, 0) is 23.6 Å². The summed E-state index contributed by atoms with van der Waals surface area (Å²) in [4.78, 5) is 0. The predicted octanol–water partition coefficient (Wildman–Crippen LogP) is 3.77. The fraction of sp³-hybridized carbons (Fsp3) is 0.0769. The van der Waals surface area contributed by atoms with E-state index in [9.17, 15) is 0 Å². The van der Waals surface area contributed by atoms with Gasteiger partial charge in [0.2, 0.25) is 0 Å². The first kappa shape index (κ1) is 21.1. The van der Waals surface area contributed by atoms with Crippen LogP contribution in [0.4, 0.5) is 5.69 Å². The molecule has 10 heteroatoms. The molecule has 0 aromatic heterocycles. The zero-order chi connectivity index (χ0) is 17.9. The Balaban J connectivity index is 0.000000594. The van der Waals surface area contributed by atoms with Crippen LogP contribution in [0.25, 0.3) is 0 Å². The summed E-state index contributed by atoms with van der Waals surface area (Å²) >= 11 is 11.5. The molecule has 2 aromatic carbocycles. The van der Waals surface area contributed by atoms with Gasteiger partial charge in [-0.15, -0.1) is 0 Å². The van der Waals surface area contributed by atoms with Gasteiger partial charge in [-0.2, -0.15) is 12.4 Å². The fourth-order valence-corrected chi connectivity index (χ4v) is 1.97. The topological polar surface area (TPSA) is 125 Å². The summed E-state index contributed by atoms with van der Waals surface area (Å²) in [6, 6.07) is 18.1. The molecule has 0 amide bonds. The summed E-state index contributed by atoms with van der Waals surface area (Å²) in [6.45, 7) is 0. The molecule has 0 fully saturated rings. The van der Waals surface area contributed by atoms with Crippen LogP contribution in [0, 0.1) is 10.8 Å². The average molecular weight is 378 g/mol. The normalized spacial score (nSPS) is 9.65. The van der Waals surface area contributed by atoms with Crippen LogP contribution in [0.15, 0.2) is 54.6 Å². The Morgan fingerprint density at radius 2 is 1.35 bits per heavy atom. The van der Waals surface area contributed by atoms with Crippen molar-refractivity contribution in [3.63, 3.8) is 0 Å². The molecule has 0 aliphatic rings. The number of hydrogen-bond acceptors (Lipinski definition) is 5. The Hall–Kier alpha value is -1.89. The van der Waals surface area contributed by atoms with Crippen LogP contribution in [0.1, 0.15) is 11.1 Å². The minimum atomic E-state index is -4.67. The van der Waals surface area contributed by atoms with Crippen LogP contribution in [0.5, 0.6) is 0 Å². The number of para-hydroxylation sites is 1. The van der Waals surface area contributed by atoms with E-state index in [2.05, 4.69) is 12.1 Å². The Morgan fingerprint density at radius 3 is 1.83 bits per heavy atom. The van der Waals surface area contributed by atoms with Crippen molar-refractivity contribution < 1.29 is 17.5 Å². The van der Waals surface area contributed by atoms with E-state index in [4.69, 9.17) is 51.9 Å². The molecule has 2 aromatic rings. The molecule has 0 spiro atoms. The van der Waals surface area contributed by atoms with Crippen molar-refractivity contribution in [3.8, 4) is 0 Å². The second-order valence-corrected chi connectivity index (χ2v) is 5.72. The summed E-state index contributed by atoms with van der Waals surface area (Å²) in [5.74, 6) is 0. The summed E-state index contributed by atoms with van der Waals surface area (Å²) in [5, 5.41) is 12.0. The molecule has 23 heavy (non-hydrogen) atoms. The number of halogens is 2. The van der Waals surface area contributed by atoms with Gasteiger partial charge in [-0.3, -0.25) is 9.11 Å². The van der Waals surface area contributed by atoms with E-state index < -0.39 is 10.4 Å². The standard InChI is InChI=1S/C13H11Cl2N.N2.H2O4S/c14-16(15)13-9-5-4-8-12(13)10-11-6-2-1-3-7-11;1-2;1-5(2,3)4/h1-9H,10H2;;(H2,1,2,3,4). The van der Waals surface area contributed by atoms with Gasteiger partial charge in [0.05, 0.1) is 5.69 Å². The molecule has 0 radical (unpaired) electrons. The first-order valence-electron chi connectivity index (χ1n) is 5.91. The number of anilines is 1. The molecule has 0 saturated heterocycles. The van der Waals surface area contributed by atoms with Crippen molar-refractivity contribution in [2.24, 2.45) is 0 Å². The molecule has 0 unspecified atom stereocenters. The van der Waals surface area contributed by atoms with Gasteiger partial charge in [0.25, 0.3) is 0 Å². The van der Waals surface area contributed by atoms with E-state index >= 15 is 0 Å². The smallest absolute Gasteiger partial charge is 0.264 e. The summed E-state index contributed by atoms with van der Waals surface area (Å²) in [6.07, 6.45) is 0.826. The minimum absolute atomic E-state index is 0.826. The zero-order valence-electron chi connectivity index (χ0n) is 11.6. The average Bonchev–Trinajstić information content (AvgIpc) is 2.49. The molecule has 0 atom stereocenters. The predicted molar refractivity (Wildman–Crippen MR) is 87.5 cm³/mol. The van der Waals surface area contributed by atoms with Gasteiger partial charge >= 0.3 is 10.4 Å². The summed E-state index contributed by atoms with van der Waals surface area (Å²) < 4.78 is 32.7. The molecule has 2 rings (SSSR count). The van der Waals surface area contributed by atoms with E-state index in [1.54, 1.807) is 0 Å². The molecule has 2 N–H and O–H groups in total. The highest BCUT2D eigenvalue weighted by Gasteiger charge is 2.06. The number of rotatable bonds is 3. The Bertz CT molecular complexity index is 701. The second-order valence-electron chi connectivity index (χ2n) is 3.97. The van der Waals surface area contributed by atoms with Gasteiger partial charge in [0, 0.05) is 34.3 Å². The van der Waals surface area contributed by atoms with Crippen LogP contribution >= 0.6 is 23.6 Å². The lowest BCUT2D eigenvalue weighted by Gasteiger charge is -2.11. The highest BCUT2D eigenvalue weighted by Crippen LogP contribution is 2.25. The van der Waals surface area contributed by atoms with Gasteiger partial charge in [-0.25, -0.2) is 0 Å². The maximum atomic E-state index is 8.74. The SMILES string of the molecule is ClN(Cl)c1ccccc1Cc1ccccc1.N#N.O=S(=O)(O)O. The lowest BCUT2D eigenvalue weighted by molar-refractivity contribution is 0.381. The lowest BCUT2D eigenvalue weighted by atomic mass is 10.0. The molecule has 0 bridgehead atoms. The maximum Gasteiger partial charge on any atom is 0.394 e. The molecule has 0 aliphatic carbocycles. The van der Waals surface area contributed by atoms with Crippen LogP contribution in [0.3, 0.4) is 0 Å². The summed E-state index contributed by atoms with van der Waals surface area (Å²) in [5.41, 5.74) is 3.18. The van der Waals surface area contributed by atoms with Crippen molar-refractivity contribution in [3.05, 3.63) is 65.7 Å². The number of benzene rings is 2. The monoisotopic (exact) mass is 377 g/mol. The first-order valence-corrected chi connectivity index (χ1v) is 7.98. The van der Waals surface area contributed by atoms with E-state index in [-0.39, 0.29) is 0 Å². The van der Waals surface area contributed by atoms with Gasteiger partial charge < -0.3 is 0 Å². The van der Waals surface area contributed by atoms with Crippen molar-refractivity contribution in [2.45, 2.75) is 6.42 Å². The summed E-state index contributed by atoms with van der Waals surface area (Å²) in [7, 11) is -4.67. The number of hydrogen-bond donors (Lipinski definition) is 2. The van der Waals surface area contributed by atoms with Crippen molar-refractivity contribution in [2.75, 3.05) is 3.94 Å². The third kappa shape index (κ3) is 10.5. The van der Waals surface area contributed by atoms with Gasteiger partial charge in [-0.1, -0.05) is 48.5 Å². The van der Waals surface area contributed by atoms with Crippen molar-refractivity contribution >= 4 is 39.6 Å². The molecule has 0 saturated carbocycles. The fourth-order valence-electron chi connectivity index (χ4n) is 1.64. The molecule has 124 valence electrons. The lowest BCUT2D eigenvalue weighted by Crippen LogP contribution is -1.98. The number of nitrogens with zero attached hydrogens (tertiary/aromatic N) is 3. The van der Waals surface area contributed by atoms with E-state index in [1.807, 2.05) is 42.5 Å². The largest absolute Gasteiger partial charge is 0.394 e. The first-order chi connectivity index (χ1) is 10.8. The molecular formula is C13H13Cl2N3O4S. The second kappa shape index (κ2) is 10.8. The molecule has 0 aliphatic heterocycles. The molecule has 0 heterocycles. The highest BCUT2D eigenvalue weighted by atomic mass is 35.5. The Labute approximate surface area is 144 Å². The van der Waals surface area contributed by atoms with Crippen LogP contribution in [-0.4, -0.2) is 17.5 Å². The zero-order valence-corrected chi connectivity index (χ0v) is 13.9. The van der Waals surface area contributed by atoms with Gasteiger partial charge in [0.15, 0.2) is 0 Å². The molecular weight excluding hydrogens is 365 g/mol. The van der Waals surface area contributed by atoms with Crippen molar-refractivity contribution in [1.82, 2.24) is 0 Å². The maximum absolute atomic E-state index is 8.74. The third-order valence-electron chi connectivity index (χ3n) is 2.41. The van der Waals surface area contributed by atoms with Crippen LogP contribution in [-0.2, 0) is 16.8 Å².